The smallest absolute Gasteiger partial charge is 0.254 e. The number of hydrogen-bond donors (Lipinski definition) is 2. The van der Waals surface area contributed by atoms with Gasteiger partial charge < -0.3 is 15.2 Å². The second kappa shape index (κ2) is 9.02. The number of hydrogen-bond acceptors (Lipinski definition) is 4. The molecule has 0 saturated heterocycles. The van der Waals surface area contributed by atoms with Crippen molar-refractivity contribution in [1.82, 2.24) is 10.3 Å². The molecule has 2 aromatic rings. The average Bonchev–Trinajstić information content (AvgIpc) is 2.60. The first-order chi connectivity index (χ1) is 11.2. The number of aliphatic hydroxyl groups excluding tert-OH is 1. The summed E-state index contributed by atoms with van der Waals surface area (Å²) < 4.78 is 5.58. The molecule has 0 aliphatic heterocycles. The molecule has 1 aromatic heterocycles. The molecule has 0 spiro atoms. The van der Waals surface area contributed by atoms with Gasteiger partial charge in [0.2, 0.25) is 0 Å². The standard InChI is InChI=1S/C18H22N2O3/c1-2-23-17(15-6-4-3-5-7-15)18(22)20-16(13-21)12-14-8-10-19-11-9-14/h3-11,16-17,21H,2,12-13H2,1H3,(H,20,22)/t16-,17-/m1/s1. The van der Waals surface area contributed by atoms with Gasteiger partial charge in [0.15, 0.2) is 6.10 Å². The molecule has 2 N–H and O–H groups in total. The second-order valence-electron chi connectivity index (χ2n) is 5.19. The van der Waals surface area contributed by atoms with Gasteiger partial charge in [0.1, 0.15) is 0 Å². The van der Waals surface area contributed by atoms with Crippen molar-refractivity contribution in [1.29, 1.82) is 0 Å². The molecule has 0 unspecified atom stereocenters. The number of pyridine rings is 1. The summed E-state index contributed by atoms with van der Waals surface area (Å²) in [5, 5.41) is 12.4. The van der Waals surface area contributed by atoms with Crippen LogP contribution in [0.4, 0.5) is 0 Å². The van der Waals surface area contributed by atoms with Crippen LogP contribution in [-0.2, 0) is 16.0 Å². The van der Waals surface area contributed by atoms with Crippen molar-refractivity contribution in [2.75, 3.05) is 13.2 Å². The van der Waals surface area contributed by atoms with Gasteiger partial charge in [-0.1, -0.05) is 30.3 Å². The van der Waals surface area contributed by atoms with Crippen LogP contribution in [0.1, 0.15) is 24.2 Å². The fourth-order valence-electron chi connectivity index (χ4n) is 2.36. The van der Waals surface area contributed by atoms with Gasteiger partial charge in [-0.2, -0.15) is 0 Å². The van der Waals surface area contributed by atoms with Crippen molar-refractivity contribution in [3.8, 4) is 0 Å². The van der Waals surface area contributed by atoms with Crippen LogP contribution in [0.15, 0.2) is 54.9 Å². The minimum atomic E-state index is -0.673. The fourth-order valence-corrected chi connectivity index (χ4v) is 2.36. The highest BCUT2D eigenvalue weighted by Gasteiger charge is 2.23. The monoisotopic (exact) mass is 314 g/mol. The number of ether oxygens (including phenoxy) is 1. The Morgan fingerprint density at radius 2 is 1.91 bits per heavy atom. The molecular weight excluding hydrogens is 292 g/mol. The predicted octanol–water partition coefficient (Wildman–Crippen LogP) is 1.88. The molecule has 1 aromatic carbocycles. The molecule has 5 nitrogen and oxygen atoms in total. The Labute approximate surface area is 136 Å². The lowest BCUT2D eigenvalue weighted by Gasteiger charge is -2.22. The van der Waals surface area contributed by atoms with Gasteiger partial charge >= 0.3 is 0 Å². The Morgan fingerprint density at radius 1 is 1.22 bits per heavy atom. The van der Waals surface area contributed by atoms with E-state index in [-0.39, 0.29) is 18.6 Å². The van der Waals surface area contributed by atoms with Crippen molar-refractivity contribution in [3.05, 3.63) is 66.0 Å². The predicted molar refractivity (Wildman–Crippen MR) is 87.8 cm³/mol. The molecule has 0 radical (unpaired) electrons. The molecule has 5 heteroatoms. The maximum absolute atomic E-state index is 12.5. The van der Waals surface area contributed by atoms with Crippen LogP contribution >= 0.6 is 0 Å². The van der Waals surface area contributed by atoms with Crippen LogP contribution < -0.4 is 5.32 Å². The molecule has 2 atom stereocenters. The van der Waals surface area contributed by atoms with Crippen LogP contribution in [0, 0.1) is 0 Å². The van der Waals surface area contributed by atoms with Crippen molar-refractivity contribution in [3.63, 3.8) is 0 Å². The van der Waals surface area contributed by atoms with Crippen LogP contribution in [0.3, 0.4) is 0 Å². The molecular formula is C18H22N2O3. The van der Waals surface area contributed by atoms with Crippen LogP contribution in [0.25, 0.3) is 0 Å². The lowest BCUT2D eigenvalue weighted by atomic mass is 10.1. The second-order valence-corrected chi connectivity index (χ2v) is 5.19. The third-order valence-corrected chi connectivity index (χ3v) is 3.47. The number of benzene rings is 1. The molecule has 23 heavy (non-hydrogen) atoms. The van der Waals surface area contributed by atoms with Gasteiger partial charge in [0.25, 0.3) is 5.91 Å². The lowest BCUT2D eigenvalue weighted by molar-refractivity contribution is -0.134. The highest BCUT2D eigenvalue weighted by atomic mass is 16.5. The van der Waals surface area contributed by atoms with Gasteiger partial charge in [-0.3, -0.25) is 9.78 Å². The maximum atomic E-state index is 12.5. The van der Waals surface area contributed by atoms with E-state index in [0.29, 0.717) is 13.0 Å². The van der Waals surface area contributed by atoms with E-state index in [1.54, 1.807) is 12.4 Å². The van der Waals surface area contributed by atoms with Gasteiger partial charge in [-0.05, 0) is 36.6 Å². The number of nitrogens with zero attached hydrogens (tertiary/aromatic N) is 1. The summed E-state index contributed by atoms with van der Waals surface area (Å²) in [4.78, 5) is 16.5. The molecule has 0 aliphatic carbocycles. The van der Waals surface area contributed by atoms with Crippen molar-refractivity contribution in [2.24, 2.45) is 0 Å². The van der Waals surface area contributed by atoms with Crippen LogP contribution in [0.2, 0.25) is 0 Å². The number of carbonyl (C=O) groups is 1. The number of amides is 1. The summed E-state index contributed by atoms with van der Waals surface area (Å²) in [5.74, 6) is -0.244. The minimum absolute atomic E-state index is 0.137. The highest BCUT2D eigenvalue weighted by Crippen LogP contribution is 2.17. The topological polar surface area (TPSA) is 71.5 Å². The first-order valence-corrected chi connectivity index (χ1v) is 7.71. The van der Waals surface area contributed by atoms with E-state index in [9.17, 15) is 9.90 Å². The van der Waals surface area contributed by atoms with E-state index in [1.807, 2.05) is 49.4 Å². The Bertz CT molecular complexity index is 590. The number of carbonyl (C=O) groups excluding carboxylic acids is 1. The Hall–Kier alpha value is -2.24. The van der Waals surface area contributed by atoms with Gasteiger partial charge in [-0.25, -0.2) is 0 Å². The molecule has 0 saturated carbocycles. The Morgan fingerprint density at radius 3 is 2.52 bits per heavy atom. The van der Waals surface area contributed by atoms with Crippen molar-refractivity contribution in [2.45, 2.75) is 25.5 Å². The maximum Gasteiger partial charge on any atom is 0.254 e. The van der Waals surface area contributed by atoms with E-state index in [4.69, 9.17) is 4.74 Å². The molecule has 1 amide bonds. The summed E-state index contributed by atoms with van der Waals surface area (Å²) in [7, 11) is 0. The quantitative estimate of drug-likeness (QED) is 0.780. The number of aromatic nitrogens is 1. The number of rotatable bonds is 8. The van der Waals surface area contributed by atoms with Crippen molar-refractivity contribution >= 4 is 5.91 Å². The molecule has 1 heterocycles. The minimum Gasteiger partial charge on any atom is -0.394 e. The first kappa shape index (κ1) is 17.1. The fraction of sp³-hybridized carbons (Fsp3) is 0.333. The van der Waals surface area contributed by atoms with Gasteiger partial charge in [0, 0.05) is 19.0 Å². The van der Waals surface area contributed by atoms with E-state index in [1.165, 1.54) is 0 Å². The van der Waals surface area contributed by atoms with Gasteiger partial charge in [0.05, 0.1) is 12.6 Å². The zero-order valence-electron chi connectivity index (χ0n) is 13.2. The summed E-state index contributed by atoms with van der Waals surface area (Å²) >= 11 is 0. The van der Waals surface area contributed by atoms with Crippen molar-refractivity contribution < 1.29 is 14.6 Å². The highest BCUT2D eigenvalue weighted by molar-refractivity contribution is 5.82. The molecule has 0 aliphatic rings. The average molecular weight is 314 g/mol. The van der Waals surface area contributed by atoms with E-state index < -0.39 is 6.10 Å². The van der Waals surface area contributed by atoms with E-state index in [2.05, 4.69) is 10.3 Å². The molecule has 0 fully saturated rings. The zero-order chi connectivity index (χ0) is 16.5. The SMILES string of the molecule is CCO[C@@H](C(=O)N[C@@H](CO)Cc1ccncc1)c1ccccc1. The Kier molecular flexibility index (Phi) is 6.72. The summed E-state index contributed by atoms with van der Waals surface area (Å²) in [5.41, 5.74) is 1.81. The summed E-state index contributed by atoms with van der Waals surface area (Å²) in [6.07, 6.45) is 3.25. The normalized spacial score (nSPS) is 13.3. The number of aliphatic hydroxyl groups is 1. The van der Waals surface area contributed by atoms with Crippen LogP contribution in [-0.4, -0.2) is 35.3 Å². The third kappa shape index (κ3) is 5.16. The van der Waals surface area contributed by atoms with E-state index in [0.717, 1.165) is 11.1 Å². The molecule has 2 rings (SSSR count). The zero-order valence-corrected chi connectivity index (χ0v) is 13.2. The summed E-state index contributed by atoms with van der Waals surface area (Å²) in [6.45, 7) is 2.15. The Balaban J connectivity index is 2.04. The van der Waals surface area contributed by atoms with Crippen LogP contribution in [0.5, 0.6) is 0 Å². The summed E-state index contributed by atoms with van der Waals surface area (Å²) in [6, 6.07) is 12.7. The van der Waals surface area contributed by atoms with Gasteiger partial charge in [-0.15, -0.1) is 0 Å². The largest absolute Gasteiger partial charge is 0.394 e. The molecule has 0 bridgehead atoms. The third-order valence-electron chi connectivity index (χ3n) is 3.47. The van der Waals surface area contributed by atoms with E-state index >= 15 is 0 Å². The first-order valence-electron chi connectivity index (χ1n) is 7.71. The number of nitrogens with one attached hydrogen (secondary N) is 1. The molecule has 122 valence electrons. The lowest BCUT2D eigenvalue weighted by Crippen LogP contribution is -2.42.